The zero-order valence-electron chi connectivity index (χ0n) is 8.40. The van der Waals surface area contributed by atoms with Gasteiger partial charge in [-0.1, -0.05) is 0 Å². The molecule has 16 heavy (non-hydrogen) atoms. The molecule has 0 radical (unpaired) electrons. The summed E-state index contributed by atoms with van der Waals surface area (Å²) < 4.78 is 66.9. The average Bonchev–Trinajstić information content (AvgIpc) is 2.14. The number of halogens is 5. The van der Waals surface area contributed by atoms with Crippen molar-refractivity contribution in [2.75, 3.05) is 7.11 Å². The van der Waals surface area contributed by atoms with E-state index in [0.717, 1.165) is 14.0 Å². The highest BCUT2D eigenvalue weighted by molar-refractivity contribution is 5.41. The van der Waals surface area contributed by atoms with Crippen molar-refractivity contribution in [3.63, 3.8) is 0 Å². The smallest absolute Gasteiger partial charge is 0.421 e. The van der Waals surface area contributed by atoms with Gasteiger partial charge in [0.25, 0.3) is 6.43 Å². The van der Waals surface area contributed by atoms with Crippen LogP contribution in [0.3, 0.4) is 0 Å². The number of rotatable bonds is 2. The number of ether oxygens (including phenoxy) is 1. The fourth-order valence-electron chi connectivity index (χ4n) is 1.30. The minimum atomic E-state index is -4.77. The maximum atomic E-state index is 12.6. The molecule has 0 saturated heterocycles. The van der Waals surface area contributed by atoms with Crippen LogP contribution in [0.15, 0.2) is 6.20 Å². The van der Waals surface area contributed by atoms with Crippen molar-refractivity contribution in [1.29, 1.82) is 0 Å². The predicted octanol–water partition coefficient (Wildman–Crippen LogP) is 3.36. The van der Waals surface area contributed by atoms with Crippen LogP contribution >= 0.6 is 0 Å². The van der Waals surface area contributed by atoms with E-state index in [2.05, 4.69) is 9.72 Å². The van der Waals surface area contributed by atoms with Crippen LogP contribution < -0.4 is 4.74 Å². The summed E-state index contributed by atoms with van der Waals surface area (Å²) in [4.78, 5) is 3.22. The average molecular weight is 241 g/mol. The van der Waals surface area contributed by atoms with E-state index in [-0.39, 0.29) is 0 Å². The van der Waals surface area contributed by atoms with Gasteiger partial charge in [-0.05, 0) is 12.5 Å². The first-order chi connectivity index (χ1) is 7.29. The Bertz CT molecular complexity index is 388. The van der Waals surface area contributed by atoms with Gasteiger partial charge in [0.05, 0.1) is 7.11 Å². The first-order valence-electron chi connectivity index (χ1n) is 4.17. The highest BCUT2D eigenvalue weighted by Crippen LogP contribution is 2.40. The van der Waals surface area contributed by atoms with Crippen LogP contribution in [-0.4, -0.2) is 12.1 Å². The summed E-state index contributed by atoms with van der Waals surface area (Å²) in [5, 5.41) is 0. The van der Waals surface area contributed by atoms with Crippen molar-refractivity contribution in [3.05, 3.63) is 22.9 Å². The van der Waals surface area contributed by atoms with Crippen LogP contribution in [0.1, 0.15) is 23.1 Å². The molecule has 7 heteroatoms. The second-order valence-electron chi connectivity index (χ2n) is 3.02. The lowest BCUT2D eigenvalue weighted by Gasteiger charge is -2.16. The third kappa shape index (κ3) is 2.23. The van der Waals surface area contributed by atoms with Gasteiger partial charge in [0.2, 0.25) is 5.88 Å². The third-order valence-corrected chi connectivity index (χ3v) is 2.05. The van der Waals surface area contributed by atoms with Crippen LogP contribution in [0.25, 0.3) is 0 Å². The molecule has 0 aliphatic carbocycles. The summed E-state index contributed by atoms with van der Waals surface area (Å²) in [6, 6.07) is 0. The van der Waals surface area contributed by atoms with Crippen molar-refractivity contribution >= 4 is 0 Å². The molecule has 90 valence electrons. The highest BCUT2D eigenvalue weighted by atomic mass is 19.4. The van der Waals surface area contributed by atoms with Crippen molar-refractivity contribution < 1.29 is 26.7 Å². The molecule has 0 N–H and O–H groups in total. The topological polar surface area (TPSA) is 22.1 Å². The lowest BCUT2D eigenvalue weighted by atomic mass is 10.1. The molecule has 0 aliphatic heterocycles. The van der Waals surface area contributed by atoms with Crippen LogP contribution in [0.2, 0.25) is 0 Å². The van der Waals surface area contributed by atoms with Gasteiger partial charge in [-0.3, -0.25) is 0 Å². The Balaban J connectivity index is 3.47. The SMILES string of the molecule is COc1ncc(C(F)F)c(C)c1C(F)(F)F. The third-order valence-electron chi connectivity index (χ3n) is 2.05. The van der Waals surface area contributed by atoms with Crippen molar-refractivity contribution in [2.24, 2.45) is 0 Å². The summed E-state index contributed by atoms with van der Waals surface area (Å²) >= 11 is 0. The van der Waals surface area contributed by atoms with E-state index >= 15 is 0 Å². The molecular weight excluding hydrogens is 233 g/mol. The van der Waals surface area contributed by atoms with Gasteiger partial charge in [0.1, 0.15) is 5.56 Å². The van der Waals surface area contributed by atoms with Gasteiger partial charge >= 0.3 is 6.18 Å². The van der Waals surface area contributed by atoms with E-state index in [0.29, 0.717) is 6.20 Å². The number of aromatic nitrogens is 1. The lowest BCUT2D eigenvalue weighted by molar-refractivity contribution is -0.139. The summed E-state index contributed by atoms with van der Waals surface area (Å²) in [5.41, 5.74) is -2.56. The zero-order valence-corrected chi connectivity index (χ0v) is 8.40. The lowest BCUT2D eigenvalue weighted by Crippen LogP contribution is -2.13. The van der Waals surface area contributed by atoms with Crippen molar-refractivity contribution in [1.82, 2.24) is 4.98 Å². The molecule has 2 nitrogen and oxygen atoms in total. The second kappa shape index (κ2) is 4.23. The van der Waals surface area contributed by atoms with Crippen molar-refractivity contribution in [3.8, 4) is 5.88 Å². The van der Waals surface area contributed by atoms with Gasteiger partial charge in [-0.2, -0.15) is 13.2 Å². The number of hydrogen-bond donors (Lipinski definition) is 0. The van der Waals surface area contributed by atoms with E-state index in [1.54, 1.807) is 0 Å². The molecule has 0 atom stereocenters. The Morgan fingerprint density at radius 1 is 1.31 bits per heavy atom. The van der Waals surface area contributed by atoms with Gasteiger partial charge < -0.3 is 4.74 Å². The first-order valence-corrected chi connectivity index (χ1v) is 4.17. The predicted molar refractivity (Wildman–Crippen MR) is 45.5 cm³/mol. The Morgan fingerprint density at radius 2 is 1.88 bits per heavy atom. The fourth-order valence-corrected chi connectivity index (χ4v) is 1.30. The molecule has 0 aliphatic rings. The zero-order chi connectivity index (χ0) is 12.5. The molecule has 0 fully saturated rings. The van der Waals surface area contributed by atoms with Gasteiger partial charge in [0.15, 0.2) is 0 Å². The van der Waals surface area contributed by atoms with E-state index in [1.807, 2.05) is 0 Å². The molecule has 0 amide bonds. The van der Waals surface area contributed by atoms with Gasteiger partial charge in [-0.15, -0.1) is 0 Å². The second-order valence-corrected chi connectivity index (χ2v) is 3.02. The normalized spacial score (nSPS) is 12.0. The highest BCUT2D eigenvalue weighted by Gasteiger charge is 2.38. The summed E-state index contributed by atoms with van der Waals surface area (Å²) in [5.74, 6) is -0.700. The Kier molecular flexibility index (Phi) is 3.35. The molecule has 1 heterocycles. The van der Waals surface area contributed by atoms with E-state index in [4.69, 9.17) is 0 Å². The molecule has 0 bridgehead atoms. The summed E-state index contributed by atoms with van der Waals surface area (Å²) in [6.45, 7) is 0.967. The minimum Gasteiger partial charge on any atom is -0.481 e. The van der Waals surface area contributed by atoms with E-state index in [1.165, 1.54) is 0 Å². The van der Waals surface area contributed by atoms with Gasteiger partial charge in [0, 0.05) is 11.8 Å². The Labute approximate surface area is 88.1 Å². The fraction of sp³-hybridized carbons (Fsp3) is 0.444. The maximum Gasteiger partial charge on any atom is 0.421 e. The molecular formula is C9H8F5NO. The number of nitrogens with zero attached hydrogens (tertiary/aromatic N) is 1. The quantitative estimate of drug-likeness (QED) is 0.740. The first kappa shape index (κ1) is 12.7. The van der Waals surface area contributed by atoms with Crippen LogP contribution in [-0.2, 0) is 6.18 Å². The number of pyridine rings is 1. The van der Waals surface area contributed by atoms with E-state index in [9.17, 15) is 22.0 Å². The molecule has 1 aromatic heterocycles. The van der Waals surface area contributed by atoms with Crippen molar-refractivity contribution in [2.45, 2.75) is 19.5 Å². The van der Waals surface area contributed by atoms with Crippen LogP contribution in [0.4, 0.5) is 22.0 Å². The van der Waals surface area contributed by atoms with Crippen LogP contribution in [0, 0.1) is 6.92 Å². The molecule has 0 spiro atoms. The Hall–Kier alpha value is -1.40. The number of methoxy groups -OCH3 is 1. The number of hydrogen-bond acceptors (Lipinski definition) is 2. The largest absolute Gasteiger partial charge is 0.481 e. The van der Waals surface area contributed by atoms with E-state index < -0.39 is 35.2 Å². The molecule has 0 saturated carbocycles. The standard InChI is InChI=1S/C9H8F5NO/c1-4-5(7(10)11)3-15-8(16-2)6(4)9(12,13)14/h3,7H,1-2H3. The van der Waals surface area contributed by atoms with Crippen LogP contribution in [0.5, 0.6) is 5.88 Å². The minimum absolute atomic E-state index is 0.561. The number of alkyl halides is 5. The Morgan fingerprint density at radius 3 is 2.25 bits per heavy atom. The molecule has 0 aromatic carbocycles. The maximum absolute atomic E-state index is 12.6. The summed E-state index contributed by atoms with van der Waals surface area (Å²) in [7, 11) is 0.999. The molecule has 1 aromatic rings. The monoisotopic (exact) mass is 241 g/mol. The molecule has 1 rings (SSSR count). The molecule has 0 unspecified atom stereocenters. The summed E-state index contributed by atoms with van der Waals surface area (Å²) in [6.07, 6.45) is -7.08. The van der Waals surface area contributed by atoms with Gasteiger partial charge in [-0.25, -0.2) is 13.8 Å².